The van der Waals surface area contributed by atoms with Gasteiger partial charge in [-0.25, -0.2) is 0 Å². The standard InChI is InChI=1S/C28H32N2O5/c1-3-35-26(33)22-13-15-29(16-14-22)24(31)17-28(23-12-8-7-9-20(23)2)18-25(32)30(27(28)34)19-21-10-5-4-6-11-21/h4-12,22H,3,13-19H2,1-2H3/t28-/m0/s1. The highest BCUT2D eigenvalue weighted by Gasteiger charge is 2.54. The third kappa shape index (κ3) is 4.99. The largest absolute Gasteiger partial charge is 0.466 e. The van der Waals surface area contributed by atoms with Crippen LogP contribution in [0.2, 0.25) is 0 Å². The van der Waals surface area contributed by atoms with Crippen LogP contribution in [0.3, 0.4) is 0 Å². The van der Waals surface area contributed by atoms with Crippen LogP contribution in [0.5, 0.6) is 0 Å². The third-order valence-electron chi connectivity index (χ3n) is 7.17. The number of imide groups is 1. The molecule has 35 heavy (non-hydrogen) atoms. The van der Waals surface area contributed by atoms with Crippen molar-refractivity contribution in [1.82, 2.24) is 9.80 Å². The summed E-state index contributed by atoms with van der Waals surface area (Å²) in [5, 5.41) is 0. The van der Waals surface area contributed by atoms with E-state index in [1.54, 1.807) is 11.8 Å². The molecular weight excluding hydrogens is 444 g/mol. The predicted molar refractivity (Wildman–Crippen MR) is 130 cm³/mol. The van der Waals surface area contributed by atoms with Gasteiger partial charge in [0.1, 0.15) is 0 Å². The van der Waals surface area contributed by atoms with Gasteiger partial charge in [0, 0.05) is 25.9 Å². The number of carbonyl (C=O) groups excluding carboxylic acids is 4. The van der Waals surface area contributed by atoms with Crippen molar-refractivity contribution in [2.45, 2.75) is 51.5 Å². The Balaban J connectivity index is 1.57. The van der Waals surface area contributed by atoms with E-state index in [2.05, 4.69) is 0 Å². The Morgan fingerprint density at radius 1 is 1.00 bits per heavy atom. The van der Waals surface area contributed by atoms with Crippen molar-refractivity contribution in [3.63, 3.8) is 0 Å². The zero-order valence-electron chi connectivity index (χ0n) is 20.4. The van der Waals surface area contributed by atoms with Gasteiger partial charge in [0.15, 0.2) is 0 Å². The molecule has 0 radical (unpaired) electrons. The van der Waals surface area contributed by atoms with Gasteiger partial charge in [0.05, 0.1) is 24.5 Å². The average Bonchev–Trinajstić information content (AvgIpc) is 3.10. The highest BCUT2D eigenvalue weighted by Crippen LogP contribution is 2.42. The topological polar surface area (TPSA) is 84.0 Å². The molecule has 0 aromatic heterocycles. The van der Waals surface area contributed by atoms with Gasteiger partial charge in [0.25, 0.3) is 0 Å². The number of nitrogens with zero attached hydrogens (tertiary/aromatic N) is 2. The number of ether oxygens (including phenoxy) is 1. The summed E-state index contributed by atoms with van der Waals surface area (Å²) in [4.78, 5) is 55.6. The number of hydrogen-bond acceptors (Lipinski definition) is 5. The van der Waals surface area contributed by atoms with E-state index >= 15 is 0 Å². The first-order valence-electron chi connectivity index (χ1n) is 12.2. The molecule has 7 nitrogen and oxygen atoms in total. The number of aryl methyl sites for hydroxylation is 1. The fourth-order valence-electron chi connectivity index (χ4n) is 5.28. The van der Waals surface area contributed by atoms with E-state index in [1.165, 1.54) is 4.90 Å². The zero-order valence-corrected chi connectivity index (χ0v) is 20.4. The van der Waals surface area contributed by atoms with Crippen LogP contribution < -0.4 is 0 Å². The molecule has 0 N–H and O–H groups in total. The summed E-state index contributed by atoms with van der Waals surface area (Å²) >= 11 is 0. The van der Waals surface area contributed by atoms with Crippen molar-refractivity contribution < 1.29 is 23.9 Å². The summed E-state index contributed by atoms with van der Waals surface area (Å²) in [6.07, 6.45) is 0.968. The SMILES string of the molecule is CCOC(=O)C1CCN(C(=O)C[C@@]2(c3ccccc3C)CC(=O)N(Cc3ccccc3)C2=O)CC1. The van der Waals surface area contributed by atoms with Crippen molar-refractivity contribution in [1.29, 1.82) is 0 Å². The van der Waals surface area contributed by atoms with Crippen molar-refractivity contribution in [3.8, 4) is 0 Å². The second kappa shape index (κ2) is 10.4. The first-order chi connectivity index (χ1) is 16.9. The lowest BCUT2D eigenvalue weighted by atomic mass is 9.73. The number of amides is 3. The van der Waals surface area contributed by atoms with E-state index < -0.39 is 5.41 Å². The molecule has 2 aromatic carbocycles. The maximum Gasteiger partial charge on any atom is 0.309 e. The average molecular weight is 477 g/mol. The van der Waals surface area contributed by atoms with E-state index in [0.717, 1.165) is 16.7 Å². The molecule has 2 aliphatic heterocycles. The maximum atomic E-state index is 13.9. The van der Waals surface area contributed by atoms with Gasteiger partial charge in [-0.05, 0) is 43.4 Å². The minimum absolute atomic E-state index is 0.0332. The Labute approximate surface area is 206 Å². The number of likely N-dealkylation sites (tertiary alicyclic amines) is 2. The van der Waals surface area contributed by atoms with Crippen LogP contribution in [0.4, 0.5) is 0 Å². The highest BCUT2D eigenvalue weighted by atomic mass is 16.5. The van der Waals surface area contributed by atoms with Crippen LogP contribution in [-0.4, -0.2) is 53.2 Å². The second-order valence-corrected chi connectivity index (χ2v) is 9.43. The predicted octanol–water partition coefficient (Wildman–Crippen LogP) is 3.38. The molecule has 0 saturated carbocycles. The third-order valence-corrected chi connectivity index (χ3v) is 7.17. The first kappa shape index (κ1) is 24.6. The molecule has 0 spiro atoms. The quantitative estimate of drug-likeness (QED) is 0.452. The van der Waals surface area contributed by atoms with Crippen LogP contribution in [0.1, 0.15) is 49.3 Å². The van der Waals surface area contributed by atoms with Gasteiger partial charge >= 0.3 is 5.97 Å². The summed E-state index contributed by atoms with van der Waals surface area (Å²) in [5.74, 6) is -1.19. The monoisotopic (exact) mass is 476 g/mol. The number of hydrogen-bond donors (Lipinski definition) is 0. The van der Waals surface area contributed by atoms with Crippen molar-refractivity contribution in [2.75, 3.05) is 19.7 Å². The normalized spacial score (nSPS) is 20.9. The van der Waals surface area contributed by atoms with Gasteiger partial charge in [-0.2, -0.15) is 0 Å². The van der Waals surface area contributed by atoms with Gasteiger partial charge in [-0.15, -0.1) is 0 Å². The fraction of sp³-hybridized carbons (Fsp3) is 0.429. The molecule has 2 heterocycles. The summed E-state index contributed by atoms with van der Waals surface area (Å²) in [6.45, 7) is 5.08. The van der Waals surface area contributed by atoms with E-state index in [0.29, 0.717) is 32.5 Å². The maximum absolute atomic E-state index is 13.9. The molecule has 4 rings (SSSR count). The lowest BCUT2D eigenvalue weighted by Gasteiger charge is -2.34. The van der Waals surface area contributed by atoms with Gasteiger partial charge in [-0.3, -0.25) is 24.1 Å². The summed E-state index contributed by atoms with van der Waals surface area (Å²) in [7, 11) is 0. The van der Waals surface area contributed by atoms with E-state index in [-0.39, 0.29) is 49.0 Å². The number of benzene rings is 2. The Morgan fingerprint density at radius 3 is 2.31 bits per heavy atom. The number of esters is 1. The minimum Gasteiger partial charge on any atom is -0.466 e. The Kier molecular flexibility index (Phi) is 7.34. The molecule has 1 atom stereocenters. The minimum atomic E-state index is -1.23. The summed E-state index contributed by atoms with van der Waals surface area (Å²) < 4.78 is 5.13. The van der Waals surface area contributed by atoms with Crippen molar-refractivity contribution in [2.24, 2.45) is 5.92 Å². The molecular formula is C28H32N2O5. The lowest BCUT2D eigenvalue weighted by Crippen LogP contribution is -2.46. The van der Waals surface area contributed by atoms with Crippen LogP contribution in [0.25, 0.3) is 0 Å². The Morgan fingerprint density at radius 2 is 1.66 bits per heavy atom. The van der Waals surface area contributed by atoms with Crippen LogP contribution in [0.15, 0.2) is 54.6 Å². The summed E-state index contributed by atoms with van der Waals surface area (Å²) in [5.41, 5.74) is 1.24. The van der Waals surface area contributed by atoms with Gasteiger partial charge in [-0.1, -0.05) is 54.6 Å². The summed E-state index contributed by atoms with van der Waals surface area (Å²) in [6, 6.07) is 16.9. The molecule has 0 aliphatic carbocycles. The molecule has 184 valence electrons. The van der Waals surface area contributed by atoms with E-state index in [1.807, 2.05) is 61.5 Å². The molecule has 2 aliphatic rings. The lowest BCUT2D eigenvalue weighted by molar-refractivity contribution is -0.151. The molecule has 7 heteroatoms. The Bertz CT molecular complexity index is 1110. The highest BCUT2D eigenvalue weighted by molar-refractivity contribution is 6.10. The number of piperidine rings is 1. The molecule has 2 aromatic rings. The zero-order chi connectivity index (χ0) is 25.0. The van der Waals surface area contributed by atoms with Gasteiger partial charge in [0.2, 0.25) is 17.7 Å². The van der Waals surface area contributed by atoms with Gasteiger partial charge < -0.3 is 9.64 Å². The molecule has 2 fully saturated rings. The smallest absolute Gasteiger partial charge is 0.309 e. The van der Waals surface area contributed by atoms with E-state index in [4.69, 9.17) is 4.74 Å². The first-order valence-corrected chi connectivity index (χ1v) is 12.2. The molecule has 0 unspecified atom stereocenters. The van der Waals surface area contributed by atoms with Crippen LogP contribution in [0, 0.1) is 12.8 Å². The molecule has 3 amide bonds. The van der Waals surface area contributed by atoms with Crippen LogP contribution >= 0.6 is 0 Å². The van der Waals surface area contributed by atoms with Crippen molar-refractivity contribution >= 4 is 23.7 Å². The molecule has 2 saturated heterocycles. The second-order valence-electron chi connectivity index (χ2n) is 9.43. The number of rotatable bonds is 7. The number of carbonyl (C=O) groups is 4. The van der Waals surface area contributed by atoms with Crippen LogP contribution in [-0.2, 0) is 35.9 Å². The fourth-order valence-corrected chi connectivity index (χ4v) is 5.28. The van der Waals surface area contributed by atoms with Crippen molar-refractivity contribution in [3.05, 3.63) is 71.3 Å². The molecule has 0 bridgehead atoms. The Hall–Kier alpha value is -3.48. The van der Waals surface area contributed by atoms with E-state index in [9.17, 15) is 19.2 Å².